The van der Waals surface area contributed by atoms with Crippen molar-refractivity contribution in [3.05, 3.63) is 48.0 Å². The molecule has 1 heterocycles. The predicted molar refractivity (Wildman–Crippen MR) is 93.9 cm³/mol. The Morgan fingerprint density at radius 3 is 2.64 bits per heavy atom. The zero-order chi connectivity index (χ0) is 17.6. The van der Waals surface area contributed by atoms with E-state index in [1.807, 2.05) is 24.3 Å². The van der Waals surface area contributed by atoms with E-state index in [9.17, 15) is 4.79 Å². The minimum Gasteiger partial charge on any atom is -0.458 e. The Morgan fingerprint density at radius 1 is 1.28 bits per heavy atom. The van der Waals surface area contributed by atoms with E-state index < -0.39 is 0 Å². The summed E-state index contributed by atoms with van der Waals surface area (Å²) in [5.41, 5.74) is 2.11. The molecule has 2 aromatic rings. The highest BCUT2D eigenvalue weighted by molar-refractivity contribution is 5.89. The first kappa shape index (κ1) is 16.3. The average molecular weight is 339 g/mol. The molecule has 1 aromatic heterocycles. The molecular formula is C20H25N3O2. The average Bonchev–Trinajstić information content (AvgIpc) is 3.09. The summed E-state index contributed by atoms with van der Waals surface area (Å²) >= 11 is 0. The summed E-state index contributed by atoms with van der Waals surface area (Å²) in [6.45, 7) is 7.59. The summed E-state index contributed by atoms with van der Waals surface area (Å²) in [6.07, 6.45) is 5.54. The Hall–Kier alpha value is -2.17. The molecule has 25 heavy (non-hydrogen) atoms. The third kappa shape index (κ3) is 2.86. The van der Waals surface area contributed by atoms with Crippen LogP contribution in [-0.2, 0) is 11.3 Å². The molecule has 0 N–H and O–H groups in total. The summed E-state index contributed by atoms with van der Waals surface area (Å²) in [6, 6.07) is 7.58. The monoisotopic (exact) mass is 339 g/mol. The van der Waals surface area contributed by atoms with Gasteiger partial charge in [0.15, 0.2) is 0 Å². The highest BCUT2D eigenvalue weighted by Gasteiger charge is 2.57. The van der Waals surface area contributed by atoms with Crippen LogP contribution in [0.15, 0.2) is 36.9 Å². The first-order valence-corrected chi connectivity index (χ1v) is 9.07. The molecule has 3 aliphatic carbocycles. The first-order chi connectivity index (χ1) is 11.9. The quantitative estimate of drug-likeness (QED) is 0.799. The Morgan fingerprint density at radius 2 is 2.04 bits per heavy atom. The van der Waals surface area contributed by atoms with Crippen LogP contribution in [0, 0.1) is 23.2 Å². The lowest BCUT2D eigenvalue weighted by Crippen LogP contribution is -2.57. The number of aromatic nitrogens is 3. The van der Waals surface area contributed by atoms with Crippen molar-refractivity contribution in [1.29, 1.82) is 0 Å². The van der Waals surface area contributed by atoms with Crippen molar-refractivity contribution in [2.75, 3.05) is 0 Å². The molecule has 0 amide bonds. The number of fused-ring (bicyclic) bond motifs is 2. The van der Waals surface area contributed by atoms with Crippen molar-refractivity contribution >= 4 is 5.97 Å². The topological polar surface area (TPSA) is 57.0 Å². The fraction of sp³-hybridized carbons (Fsp3) is 0.550. The maximum absolute atomic E-state index is 12.5. The molecule has 5 heteroatoms. The molecule has 3 saturated carbocycles. The van der Waals surface area contributed by atoms with Gasteiger partial charge >= 0.3 is 5.97 Å². The Kier molecular flexibility index (Phi) is 3.89. The summed E-state index contributed by atoms with van der Waals surface area (Å²) in [4.78, 5) is 16.5. The largest absolute Gasteiger partial charge is 0.458 e. The van der Waals surface area contributed by atoms with E-state index >= 15 is 0 Å². The molecule has 0 saturated heterocycles. The van der Waals surface area contributed by atoms with Crippen LogP contribution in [0.2, 0.25) is 0 Å². The number of benzene rings is 1. The van der Waals surface area contributed by atoms with Gasteiger partial charge in [0.05, 0.1) is 12.1 Å². The molecule has 0 aliphatic heterocycles. The SMILES string of the molecule is C[C@@H]1[C@@H](OC(=O)c2ccc(Cn3cncn3)cc2)C[C@H]2C[C@H]1C2(C)C. The van der Waals surface area contributed by atoms with E-state index in [1.54, 1.807) is 11.0 Å². The highest BCUT2D eigenvalue weighted by Crippen LogP contribution is 2.61. The van der Waals surface area contributed by atoms with E-state index in [4.69, 9.17) is 4.74 Å². The molecule has 4 atom stereocenters. The molecule has 132 valence electrons. The standard InChI is InChI=1S/C20H25N3O2/c1-13-17-8-16(20(17,2)3)9-18(13)25-19(24)15-6-4-14(5-7-15)10-23-12-21-11-22-23/h4-7,11-13,16-18H,8-10H2,1-3H3/t13-,16+,17+,18-/m0/s1. The normalized spacial score (nSPS) is 29.7. The maximum Gasteiger partial charge on any atom is 0.338 e. The first-order valence-electron chi connectivity index (χ1n) is 9.07. The van der Waals surface area contributed by atoms with E-state index in [-0.39, 0.29) is 12.1 Å². The second kappa shape index (κ2) is 5.97. The number of rotatable bonds is 4. The predicted octanol–water partition coefficient (Wildman–Crippen LogP) is 3.55. The number of ether oxygens (including phenoxy) is 1. The molecule has 1 aromatic carbocycles. The lowest BCUT2D eigenvalue weighted by atomic mass is 9.45. The summed E-state index contributed by atoms with van der Waals surface area (Å²) in [5, 5.41) is 4.09. The fourth-order valence-electron chi connectivity index (χ4n) is 4.71. The maximum atomic E-state index is 12.5. The molecule has 2 bridgehead atoms. The van der Waals surface area contributed by atoms with Gasteiger partial charge < -0.3 is 4.74 Å². The molecule has 0 unspecified atom stereocenters. The number of carbonyl (C=O) groups excluding carboxylic acids is 1. The molecule has 0 radical (unpaired) electrons. The van der Waals surface area contributed by atoms with E-state index in [2.05, 4.69) is 30.9 Å². The summed E-state index contributed by atoms with van der Waals surface area (Å²) in [7, 11) is 0. The lowest BCUT2D eigenvalue weighted by Gasteiger charge is -2.61. The summed E-state index contributed by atoms with van der Waals surface area (Å²) < 4.78 is 7.62. The van der Waals surface area contributed by atoms with Gasteiger partial charge in [-0.15, -0.1) is 0 Å². The van der Waals surface area contributed by atoms with Crippen molar-refractivity contribution in [2.45, 2.75) is 46.3 Å². The zero-order valence-corrected chi connectivity index (χ0v) is 15.1. The number of nitrogens with zero attached hydrogens (tertiary/aromatic N) is 3. The minimum atomic E-state index is -0.205. The van der Waals surface area contributed by atoms with Crippen molar-refractivity contribution < 1.29 is 9.53 Å². The van der Waals surface area contributed by atoms with Crippen LogP contribution >= 0.6 is 0 Å². The van der Waals surface area contributed by atoms with E-state index in [0.717, 1.165) is 12.0 Å². The minimum absolute atomic E-state index is 0.0547. The van der Waals surface area contributed by atoms with Gasteiger partial charge in [-0.1, -0.05) is 32.9 Å². The Labute approximate surface area is 148 Å². The van der Waals surface area contributed by atoms with E-state index in [1.165, 1.54) is 12.7 Å². The van der Waals surface area contributed by atoms with Crippen molar-refractivity contribution in [3.8, 4) is 0 Å². The van der Waals surface area contributed by atoms with Crippen LogP contribution in [0.5, 0.6) is 0 Å². The molecular weight excluding hydrogens is 314 g/mol. The molecule has 5 rings (SSSR count). The van der Waals surface area contributed by atoms with Crippen molar-refractivity contribution in [1.82, 2.24) is 14.8 Å². The van der Waals surface area contributed by atoms with Crippen LogP contribution in [0.1, 0.15) is 49.5 Å². The molecule has 3 fully saturated rings. The van der Waals surface area contributed by atoms with Crippen molar-refractivity contribution in [2.24, 2.45) is 23.2 Å². The van der Waals surface area contributed by atoms with Crippen LogP contribution in [0.25, 0.3) is 0 Å². The zero-order valence-electron chi connectivity index (χ0n) is 15.1. The Balaban J connectivity index is 1.38. The van der Waals surface area contributed by atoms with Gasteiger partial charge in [0, 0.05) is 0 Å². The highest BCUT2D eigenvalue weighted by atomic mass is 16.5. The van der Waals surface area contributed by atoms with Crippen LogP contribution in [0.4, 0.5) is 0 Å². The lowest BCUT2D eigenvalue weighted by molar-refractivity contribution is -0.156. The smallest absolute Gasteiger partial charge is 0.338 e. The van der Waals surface area contributed by atoms with Gasteiger partial charge in [-0.05, 0) is 53.7 Å². The van der Waals surface area contributed by atoms with Crippen LogP contribution < -0.4 is 0 Å². The number of esters is 1. The third-order valence-electron chi connectivity index (χ3n) is 6.54. The molecule has 5 nitrogen and oxygen atoms in total. The number of carbonyl (C=O) groups is 1. The van der Waals surface area contributed by atoms with Gasteiger partial charge in [0.2, 0.25) is 0 Å². The van der Waals surface area contributed by atoms with E-state index in [0.29, 0.717) is 35.3 Å². The van der Waals surface area contributed by atoms with Gasteiger partial charge in [-0.3, -0.25) is 0 Å². The number of hydrogen-bond donors (Lipinski definition) is 0. The fourth-order valence-corrected chi connectivity index (χ4v) is 4.71. The van der Waals surface area contributed by atoms with Crippen molar-refractivity contribution in [3.63, 3.8) is 0 Å². The second-order valence-electron chi connectivity index (χ2n) is 8.19. The summed E-state index contributed by atoms with van der Waals surface area (Å²) in [5.74, 6) is 1.60. The Bertz CT molecular complexity index is 752. The van der Waals surface area contributed by atoms with Gasteiger partial charge in [0.25, 0.3) is 0 Å². The molecule has 3 aliphatic rings. The van der Waals surface area contributed by atoms with Gasteiger partial charge in [-0.2, -0.15) is 5.10 Å². The van der Waals surface area contributed by atoms with Gasteiger partial charge in [-0.25, -0.2) is 14.5 Å². The number of hydrogen-bond acceptors (Lipinski definition) is 4. The van der Waals surface area contributed by atoms with Crippen LogP contribution in [-0.4, -0.2) is 26.8 Å². The third-order valence-corrected chi connectivity index (χ3v) is 6.54. The second-order valence-corrected chi connectivity index (χ2v) is 8.19. The van der Waals surface area contributed by atoms with Gasteiger partial charge in [0.1, 0.15) is 18.8 Å². The van der Waals surface area contributed by atoms with Crippen LogP contribution in [0.3, 0.4) is 0 Å². The molecule has 0 spiro atoms.